The third-order valence-corrected chi connectivity index (χ3v) is 4.68. The van der Waals surface area contributed by atoms with Crippen LogP contribution in [0.4, 0.5) is 4.39 Å². The van der Waals surface area contributed by atoms with Crippen molar-refractivity contribution in [1.29, 1.82) is 0 Å². The SMILES string of the molecule is COC1CCN(C(=O)/C=C/c2ccc(-n3cc(Br)cn3)c(F)c2)CC1. The smallest absolute Gasteiger partial charge is 0.246 e. The molecule has 2 heterocycles. The molecular formula is C18H19BrFN3O2. The van der Waals surface area contributed by atoms with E-state index in [9.17, 15) is 9.18 Å². The van der Waals surface area contributed by atoms with Gasteiger partial charge in [0.15, 0.2) is 0 Å². The highest BCUT2D eigenvalue weighted by Crippen LogP contribution is 2.18. The van der Waals surface area contributed by atoms with Gasteiger partial charge >= 0.3 is 0 Å². The molecule has 132 valence electrons. The van der Waals surface area contributed by atoms with Gasteiger partial charge in [0.05, 0.1) is 16.8 Å². The average molecular weight is 408 g/mol. The van der Waals surface area contributed by atoms with Gasteiger partial charge in [0.25, 0.3) is 0 Å². The Morgan fingerprint density at radius 1 is 1.40 bits per heavy atom. The van der Waals surface area contributed by atoms with Gasteiger partial charge < -0.3 is 9.64 Å². The van der Waals surface area contributed by atoms with Crippen LogP contribution < -0.4 is 0 Å². The van der Waals surface area contributed by atoms with Crippen LogP contribution in [0.2, 0.25) is 0 Å². The van der Waals surface area contributed by atoms with E-state index in [0.717, 1.165) is 17.3 Å². The summed E-state index contributed by atoms with van der Waals surface area (Å²) >= 11 is 3.29. The fourth-order valence-electron chi connectivity index (χ4n) is 2.83. The second-order valence-corrected chi connectivity index (χ2v) is 6.82. The Hall–Kier alpha value is -1.99. The number of ether oxygens (including phenoxy) is 1. The molecule has 1 fully saturated rings. The number of halogens is 2. The molecule has 0 N–H and O–H groups in total. The van der Waals surface area contributed by atoms with Crippen LogP contribution in [0.15, 0.2) is 41.1 Å². The molecule has 1 aliphatic heterocycles. The van der Waals surface area contributed by atoms with Crippen molar-refractivity contribution in [3.63, 3.8) is 0 Å². The van der Waals surface area contributed by atoms with Crippen molar-refractivity contribution in [1.82, 2.24) is 14.7 Å². The molecule has 5 nitrogen and oxygen atoms in total. The van der Waals surface area contributed by atoms with Crippen molar-refractivity contribution in [2.75, 3.05) is 20.2 Å². The molecule has 25 heavy (non-hydrogen) atoms. The molecule has 2 aromatic rings. The highest BCUT2D eigenvalue weighted by molar-refractivity contribution is 9.10. The molecule has 0 aliphatic carbocycles. The Kier molecular flexibility index (Phi) is 5.65. The van der Waals surface area contributed by atoms with E-state index < -0.39 is 5.82 Å². The first-order valence-corrected chi connectivity index (χ1v) is 8.86. The van der Waals surface area contributed by atoms with Crippen molar-refractivity contribution in [3.05, 3.63) is 52.5 Å². The Balaban J connectivity index is 1.65. The minimum atomic E-state index is -0.397. The van der Waals surface area contributed by atoms with Crippen molar-refractivity contribution in [2.45, 2.75) is 18.9 Å². The first kappa shape index (κ1) is 17.8. The number of rotatable bonds is 4. The monoisotopic (exact) mass is 407 g/mol. The van der Waals surface area contributed by atoms with Crippen LogP contribution in [0.1, 0.15) is 18.4 Å². The molecule has 0 spiro atoms. The van der Waals surface area contributed by atoms with E-state index >= 15 is 0 Å². The zero-order valence-corrected chi connectivity index (χ0v) is 15.4. The lowest BCUT2D eigenvalue weighted by atomic mass is 10.1. The molecule has 1 saturated heterocycles. The third-order valence-electron chi connectivity index (χ3n) is 4.27. The van der Waals surface area contributed by atoms with E-state index in [-0.39, 0.29) is 12.0 Å². The molecular weight excluding hydrogens is 389 g/mol. The molecule has 3 rings (SSSR count). The zero-order chi connectivity index (χ0) is 17.8. The molecule has 0 atom stereocenters. The van der Waals surface area contributed by atoms with Crippen LogP contribution >= 0.6 is 15.9 Å². The summed E-state index contributed by atoms with van der Waals surface area (Å²) in [5.74, 6) is -0.457. The lowest BCUT2D eigenvalue weighted by molar-refractivity contribution is -0.128. The van der Waals surface area contributed by atoms with Crippen LogP contribution in [0.25, 0.3) is 11.8 Å². The number of hydrogen-bond acceptors (Lipinski definition) is 3. The van der Waals surface area contributed by atoms with Gasteiger partial charge in [-0.25, -0.2) is 9.07 Å². The summed E-state index contributed by atoms with van der Waals surface area (Å²) in [6, 6.07) is 4.80. The van der Waals surface area contributed by atoms with E-state index in [4.69, 9.17) is 4.74 Å². The van der Waals surface area contributed by atoms with Crippen molar-refractivity contribution in [3.8, 4) is 5.69 Å². The summed E-state index contributed by atoms with van der Waals surface area (Å²) in [5, 5.41) is 4.07. The van der Waals surface area contributed by atoms with Crippen molar-refractivity contribution in [2.24, 2.45) is 0 Å². The maximum atomic E-state index is 14.3. The number of hydrogen-bond donors (Lipinski definition) is 0. The van der Waals surface area contributed by atoms with Crippen LogP contribution in [0.3, 0.4) is 0 Å². The molecule has 0 bridgehead atoms. The van der Waals surface area contributed by atoms with E-state index in [2.05, 4.69) is 21.0 Å². The Labute approximate surface area is 154 Å². The molecule has 0 saturated carbocycles. The number of methoxy groups -OCH3 is 1. The van der Waals surface area contributed by atoms with Gasteiger partial charge in [0, 0.05) is 32.5 Å². The maximum Gasteiger partial charge on any atom is 0.246 e. The predicted molar refractivity (Wildman–Crippen MR) is 96.9 cm³/mol. The van der Waals surface area contributed by atoms with Gasteiger partial charge in [0.2, 0.25) is 5.91 Å². The second kappa shape index (κ2) is 7.93. The molecule has 1 amide bonds. The number of likely N-dealkylation sites (tertiary alicyclic amines) is 1. The van der Waals surface area contributed by atoms with Crippen molar-refractivity contribution >= 4 is 27.9 Å². The first-order valence-electron chi connectivity index (χ1n) is 8.06. The van der Waals surface area contributed by atoms with Crippen LogP contribution in [0.5, 0.6) is 0 Å². The normalized spacial score (nSPS) is 15.9. The fourth-order valence-corrected chi connectivity index (χ4v) is 3.12. The lowest BCUT2D eigenvalue weighted by Gasteiger charge is -2.30. The number of carbonyl (C=O) groups is 1. The summed E-state index contributed by atoms with van der Waals surface area (Å²) in [7, 11) is 1.70. The van der Waals surface area contributed by atoms with Gasteiger partial charge in [-0.05, 0) is 52.5 Å². The second-order valence-electron chi connectivity index (χ2n) is 5.91. The molecule has 0 unspecified atom stereocenters. The summed E-state index contributed by atoms with van der Waals surface area (Å²) in [4.78, 5) is 14.0. The van der Waals surface area contributed by atoms with E-state index in [1.165, 1.54) is 16.8 Å². The molecule has 1 aromatic carbocycles. The van der Waals surface area contributed by atoms with Gasteiger partial charge in [-0.15, -0.1) is 0 Å². The van der Waals surface area contributed by atoms with Gasteiger partial charge in [-0.1, -0.05) is 6.07 Å². The summed E-state index contributed by atoms with van der Waals surface area (Å²) in [6.45, 7) is 1.37. The highest BCUT2D eigenvalue weighted by Gasteiger charge is 2.20. The Morgan fingerprint density at radius 3 is 2.76 bits per heavy atom. The highest BCUT2D eigenvalue weighted by atomic mass is 79.9. The van der Waals surface area contributed by atoms with Crippen molar-refractivity contribution < 1.29 is 13.9 Å². The summed E-state index contributed by atoms with van der Waals surface area (Å²) in [5.41, 5.74) is 0.989. The molecule has 0 radical (unpaired) electrons. The van der Waals surface area contributed by atoms with Crippen LogP contribution in [-0.4, -0.2) is 46.9 Å². The number of carbonyl (C=O) groups excluding carboxylic acids is 1. The average Bonchev–Trinajstić information content (AvgIpc) is 3.06. The van der Waals surface area contributed by atoms with Crippen LogP contribution in [-0.2, 0) is 9.53 Å². The minimum absolute atomic E-state index is 0.0601. The number of benzene rings is 1. The Bertz CT molecular complexity index is 782. The van der Waals surface area contributed by atoms with E-state index in [1.807, 2.05) is 0 Å². The lowest BCUT2D eigenvalue weighted by Crippen LogP contribution is -2.39. The maximum absolute atomic E-state index is 14.3. The summed E-state index contributed by atoms with van der Waals surface area (Å²) < 4.78 is 21.8. The van der Waals surface area contributed by atoms with Crippen LogP contribution in [0, 0.1) is 5.82 Å². The number of aromatic nitrogens is 2. The molecule has 1 aliphatic rings. The first-order chi connectivity index (χ1) is 12.1. The third kappa shape index (κ3) is 4.35. The number of amides is 1. The van der Waals surface area contributed by atoms with Gasteiger partial charge in [-0.3, -0.25) is 4.79 Å². The Morgan fingerprint density at radius 2 is 2.16 bits per heavy atom. The standard InChI is InChI=1S/C18H19BrFN3O2/c1-25-15-6-8-22(9-7-15)18(24)5-3-13-2-4-17(16(20)10-13)23-12-14(19)11-21-23/h2-5,10-12,15H,6-9H2,1H3/b5-3+. The largest absolute Gasteiger partial charge is 0.381 e. The number of nitrogens with zero attached hydrogens (tertiary/aromatic N) is 3. The number of piperidine rings is 1. The molecule has 7 heteroatoms. The zero-order valence-electron chi connectivity index (χ0n) is 13.9. The topological polar surface area (TPSA) is 47.4 Å². The fraction of sp³-hybridized carbons (Fsp3) is 0.333. The van der Waals surface area contributed by atoms with E-state index in [1.54, 1.807) is 42.6 Å². The summed E-state index contributed by atoms with van der Waals surface area (Å²) in [6.07, 6.45) is 8.33. The van der Waals surface area contributed by atoms with Gasteiger partial charge in [-0.2, -0.15) is 5.10 Å². The quantitative estimate of drug-likeness (QED) is 0.729. The minimum Gasteiger partial charge on any atom is -0.381 e. The molecule has 1 aromatic heterocycles. The predicted octanol–water partition coefficient (Wildman–Crippen LogP) is 3.42. The van der Waals surface area contributed by atoms with Gasteiger partial charge in [0.1, 0.15) is 11.5 Å². The van der Waals surface area contributed by atoms with E-state index in [0.29, 0.717) is 24.3 Å².